The summed E-state index contributed by atoms with van der Waals surface area (Å²) in [5.41, 5.74) is -0.673. The topological polar surface area (TPSA) is 84.4 Å². The Labute approximate surface area is 234 Å². The molecule has 0 fully saturated rings. The maximum atomic E-state index is 13.8. The van der Waals surface area contributed by atoms with Crippen molar-refractivity contribution in [2.45, 2.75) is 38.1 Å². The van der Waals surface area contributed by atoms with E-state index in [1.54, 1.807) is 25.1 Å². The standard InChI is InChI=1S/C26H32F6N4O4S/c1-33(2)13-14-34(15-19-7-4-5-9-21(19)25(27,28)29)23(37)17-36(24(38)26(30,31)32)22-10-6-8-18-11-12-35(16-20(18)22)41(3,39)40/h4-10,23,37H,11-17H2,1-3H3. The molecule has 1 unspecified atom stereocenters. The molecule has 1 aliphatic rings. The van der Waals surface area contributed by atoms with Gasteiger partial charge in [0.2, 0.25) is 10.0 Å². The van der Waals surface area contributed by atoms with Gasteiger partial charge in [0.1, 0.15) is 6.23 Å². The highest BCUT2D eigenvalue weighted by Gasteiger charge is 2.45. The first-order valence-electron chi connectivity index (χ1n) is 12.6. The number of carbonyl (C=O) groups is 1. The van der Waals surface area contributed by atoms with Gasteiger partial charge in [0.05, 0.1) is 18.4 Å². The lowest BCUT2D eigenvalue weighted by molar-refractivity contribution is -0.171. The number of anilines is 1. The van der Waals surface area contributed by atoms with Crippen LogP contribution >= 0.6 is 0 Å². The van der Waals surface area contributed by atoms with E-state index in [0.29, 0.717) is 10.5 Å². The molecule has 2 aromatic carbocycles. The van der Waals surface area contributed by atoms with Crippen LogP contribution in [0.1, 0.15) is 22.3 Å². The zero-order chi connectivity index (χ0) is 30.8. The molecule has 15 heteroatoms. The van der Waals surface area contributed by atoms with Crippen molar-refractivity contribution in [1.82, 2.24) is 14.1 Å². The molecule has 3 rings (SSSR count). The smallest absolute Gasteiger partial charge is 0.376 e. The number of rotatable bonds is 10. The lowest BCUT2D eigenvalue weighted by atomic mass is 9.98. The zero-order valence-corrected chi connectivity index (χ0v) is 23.5. The van der Waals surface area contributed by atoms with Crippen LogP contribution in [0.4, 0.5) is 32.0 Å². The van der Waals surface area contributed by atoms with E-state index >= 15 is 0 Å². The van der Waals surface area contributed by atoms with E-state index in [1.165, 1.54) is 35.2 Å². The summed E-state index contributed by atoms with van der Waals surface area (Å²) >= 11 is 0. The van der Waals surface area contributed by atoms with Gasteiger partial charge in [-0.05, 0) is 49.3 Å². The van der Waals surface area contributed by atoms with E-state index in [9.17, 15) is 44.7 Å². The van der Waals surface area contributed by atoms with Crippen LogP contribution in [0.25, 0.3) is 0 Å². The van der Waals surface area contributed by atoms with Crippen molar-refractivity contribution >= 4 is 21.6 Å². The second kappa shape index (κ2) is 12.7. The minimum atomic E-state index is -5.36. The van der Waals surface area contributed by atoms with E-state index in [2.05, 4.69) is 0 Å². The summed E-state index contributed by atoms with van der Waals surface area (Å²) in [7, 11) is -0.353. The Morgan fingerprint density at radius 2 is 1.68 bits per heavy atom. The maximum absolute atomic E-state index is 13.8. The van der Waals surface area contributed by atoms with Crippen molar-refractivity contribution in [3.63, 3.8) is 0 Å². The minimum Gasteiger partial charge on any atom is -0.376 e. The molecule has 0 aromatic heterocycles. The van der Waals surface area contributed by atoms with Gasteiger partial charge >= 0.3 is 18.3 Å². The monoisotopic (exact) mass is 610 g/mol. The predicted octanol–water partition coefficient (Wildman–Crippen LogP) is 3.30. The van der Waals surface area contributed by atoms with Gasteiger partial charge in [0.15, 0.2) is 0 Å². The molecule has 0 aliphatic carbocycles. The van der Waals surface area contributed by atoms with Crippen molar-refractivity contribution in [2.75, 3.05) is 51.4 Å². The Bertz CT molecular complexity index is 1330. The van der Waals surface area contributed by atoms with Crippen LogP contribution in [0.5, 0.6) is 0 Å². The summed E-state index contributed by atoms with van der Waals surface area (Å²) < 4.78 is 108. The summed E-state index contributed by atoms with van der Waals surface area (Å²) in [4.78, 5) is 15.9. The third-order valence-electron chi connectivity index (χ3n) is 6.76. The summed E-state index contributed by atoms with van der Waals surface area (Å²) in [6.45, 7) is -1.39. The highest BCUT2D eigenvalue weighted by atomic mass is 32.2. The Kier molecular flexibility index (Phi) is 10.1. The molecule has 0 radical (unpaired) electrons. The van der Waals surface area contributed by atoms with Crippen LogP contribution in [-0.2, 0) is 40.5 Å². The van der Waals surface area contributed by atoms with Gasteiger partial charge in [-0.2, -0.15) is 30.6 Å². The largest absolute Gasteiger partial charge is 0.471 e. The molecule has 0 saturated carbocycles. The van der Waals surface area contributed by atoms with Crippen molar-refractivity contribution in [3.8, 4) is 0 Å². The van der Waals surface area contributed by atoms with Gasteiger partial charge in [-0.1, -0.05) is 30.3 Å². The number of hydrogen-bond acceptors (Lipinski definition) is 6. The maximum Gasteiger partial charge on any atom is 0.471 e. The molecule has 1 atom stereocenters. The van der Waals surface area contributed by atoms with Gasteiger partial charge in [0.25, 0.3) is 0 Å². The number of aliphatic hydroxyl groups excluding tert-OH is 1. The fourth-order valence-corrected chi connectivity index (χ4v) is 5.40. The first kappa shape index (κ1) is 32.8. The third kappa shape index (κ3) is 8.41. The quantitative estimate of drug-likeness (QED) is 0.329. The summed E-state index contributed by atoms with van der Waals surface area (Å²) in [5, 5.41) is 11.2. The minimum absolute atomic E-state index is 0.0385. The second-order valence-electron chi connectivity index (χ2n) is 10.1. The zero-order valence-electron chi connectivity index (χ0n) is 22.7. The van der Waals surface area contributed by atoms with Crippen molar-refractivity contribution in [3.05, 3.63) is 64.7 Å². The molecule has 1 aliphatic heterocycles. The molecule has 1 amide bonds. The van der Waals surface area contributed by atoms with Crippen LogP contribution in [0.15, 0.2) is 42.5 Å². The molecule has 0 saturated heterocycles. The first-order valence-corrected chi connectivity index (χ1v) is 14.4. The Balaban J connectivity index is 2.03. The van der Waals surface area contributed by atoms with Crippen LogP contribution in [0.3, 0.4) is 0 Å². The number of amides is 1. The number of fused-ring (bicyclic) bond motifs is 1. The van der Waals surface area contributed by atoms with E-state index in [0.717, 1.165) is 16.6 Å². The average molecular weight is 611 g/mol. The molecule has 8 nitrogen and oxygen atoms in total. The van der Waals surface area contributed by atoms with E-state index in [4.69, 9.17) is 0 Å². The molecule has 0 spiro atoms. The molecular weight excluding hydrogens is 578 g/mol. The Morgan fingerprint density at radius 1 is 1.02 bits per heavy atom. The molecular formula is C26H32F6N4O4S. The van der Waals surface area contributed by atoms with Gasteiger partial charge in [-0.15, -0.1) is 0 Å². The highest BCUT2D eigenvalue weighted by Crippen LogP contribution is 2.35. The van der Waals surface area contributed by atoms with Crippen molar-refractivity contribution < 1.29 is 44.7 Å². The van der Waals surface area contributed by atoms with Crippen molar-refractivity contribution in [1.29, 1.82) is 0 Å². The third-order valence-corrected chi connectivity index (χ3v) is 8.01. The molecule has 228 valence electrons. The van der Waals surface area contributed by atoms with E-state index < -0.39 is 53.2 Å². The van der Waals surface area contributed by atoms with Gasteiger partial charge in [-0.25, -0.2) is 8.42 Å². The summed E-state index contributed by atoms with van der Waals surface area (Å²) in [6.07, 6.45) is -10.7. The number of halogens is 6. The van der Waals surface area contributed by atoms with Crippen LogP contribution in [0, 0.1) is 0 Å². The SMILES string of the molecule is CN(C)CCN(Cc1ccccc1C(F)(F)F)C(O)CN(C(=O)C(F)(F)F)c1cccc2c1CN(S(C)(=O)=O)CC2. The highest BCUT2D eigenvalue weighted by molar-refractivity contribution is 7.88. The molecule has 0 bridgehead atoms. The number of carbonyl (C=O) groups excluding carboxylic acids is 1. The number of aliphatic hydroxyl groups is 1. The fourth-order valence-electron chi connectivity index (χ4n) is 4.61. The van der Waals surface area contributed by atoms with Crippen LogP contribution in [-0.4, -0.2) is 92.5 Å². The molecule has 41 heavy (non-hydrogen) atoms. The van der Waals surface area contributed by atoms with Gasteiger partial charge in [0, 0.05) is 38.4 Å². The molecule has 1 N–H and O–H groups in total. The number of likely N-dealkylation sites (N-methyl/N-ethyl adjacent to an activating group) is 1. The lowest BCUT2D eigenvalue weighted by Crippen LogP contribution is -2.51. The van der Waals surface area contributed by atoms with Gasteiger partial charge in [-0.3, -0.25) is 9.69 Å². The fraction of sp³-hybridized carbons (Fsp3) is 0.500. The van der Waals surface area contributed by atoms with E-state index in [1.807, 2.05) is 0 Å². The number of alkyl halides is 6. The average Bonchev–Trinajstić information content (AvgIpc) is 2.87. The lowest BCUT2D eigenvalue weighted by Gasteiger charge is -2.36. The van der Waals surface area contributed by atoms with Crippen LogP contribution in [0.2, 0.25) is 0 Å². The number of hydrogen-bond donors (Lipinski definition) is 1. The number of sulfonamides is 1. The molecule has 1 heterocycles. The first-order chi connectivity index (χ1) is 18.9. The Hall–Kier alpha value is -2.72. The number of benzene rings is 2. The second-order valence-corrected chi connectivity index (χ2v) is 12.1. The van der Waals surface area contributed by atoms with Gasteiger partial charge < -0.3 is 14.9 Å². The summed E-state index contributed by atoms with van der Waals surface area (Å²) in [5.74, 6) is -2.30. The number of nitrogens with zero attached hydrogens (tertiary/aromatic N) is 4. The normalized spacial score (nSPS) is 15.7. The van der Waals surface area contributed by atoms with Crippen LogP contribution < -0.4 is 4.90 Å². The van der Waals surface area contributed by atoms with Crippen molar-refractivity contribution in [2.24, 2.45) is 0 Å². The Morgan fingerprint density at radius 3 is 2.27 bits per heavy atom. The summed E-state index contributed by atoms with van der Waals surface area (Å²) in [6, 6.07) is 8.93. The van der Waals surface area contributed by atoms with E-state index in [-0.39, 0.29) is 49.4 Å². The predicted molar refractivity (Wildman–Crippen MR) is 140 cm³/mol. The molecule has 2 aromatic rings.